The molecule has 1 fully saturated rings. The number of aliphatic hydroxyl groups excluding tert-OH is 1. The number of piperidine rings is 1. The van der Waals surface area contributed by atoms with Crippen molar-refractivity contribution in [2.75, 3.05) is 13.2 Å². The summed E-state index contributed by atoms with van der Waals surface area (Å²) in [5.74, 6) is 0.472. The summed E-state index contributed by atoms with van der Waals surface area (Å²) in [6.07, 6.45) is 2.39. The summed E-state index contributed by atoms with van der Waals surface area (Å²) in [5, 5.41) is 12.8. The Hall–Kier alpha value is -0.860. The number of rotatable bonds is 2. The van der Waals surface area contributed by atoms with Crippen LogP contribution in [-0.2, 0) is 0 Å². The summed E-state index contributed by atoms with van der Waals surface area (Å²) < 4.78 is 0. The van der Waals surface area contributed by atoms with E-state index in [1.807, 2.05) is 0 Å². The molecule has 1 aromatic carbocycles. The minimum Gasteiger partial charge on any atom is -0.395 e. The van der Waals surface area contributed by atoms with Crippen molar-refractivity contribution in [1.29, 1.82) is 0 Å². The van der Waals surface area contributed by atoms with Crippen molar-refractivity contribution >= 4 is 0 Å². The lowest BCUT2D eigenvalue weighted by molar-refractivity contribution is 0.201. The molecule has 0 bridgehead atoms. The monoisotopic (exact) mass is 219 g/mol. The van der Waals surface area contributed by atoms with Crippen LogP contribution in [0, 0.1) is 13.8 Å². The topological polar surface area (TPSA) is 32.3 Å². The summed E-state index contributed by atoms with van der Waals surface area (Å²) in [6, 6.07) is 6.87. The lowest BCUT2D eigenvalue weighted by Crippen LogP contribution is -2.42. The fourth-order valence-electron chi connectivity index (χ4n) is 2.76. The average molecular weight is 219 g/mol. The zero-order valence-corrected chi connectivity index (χ0v) is 10.2. The quantitative estimate of drug-likeness (QED) is 0.798. The van der Waals surface area contributed by atoms with Crippen LogP contribution in [-0.4, -0.2) is 24.3 Å². The lowest BCUT2D eigenvalue weighted by atomic mass is 9.82. The van der Waals surface area contributed by atoms with Crippen molar-refractivity contribution in [2.45, 2.75) is 38.6 Å². The van der Waals surface area contributed by atoms with E-state index >= 15 is 0 Å². The minimum absolute atomic E-state index is 0.232. The Morgan fingerprint density at radius 1 is 1.38 bits per heavy atom. The Morgan fingerprint density at radius 2 is 2.19 bits per heavy atom. The SMILES string of the molecule is Cc1ccc(C2CCCNC2CO)c(C)c1. The van der Waals surface area contributed by atoms with Gasteiger partial charge in [-0.1, -0.05) is 23.8 Å². The highest BCUT2D eigenvalue weighted by Gasteiger charge is 2.26. The highest BCUT2D eigenvalue weighted by molar-refractivity contribution is 5.34. The maximum absolute atomic E-state index is 9.41. The molecule has 2 nitrogen and oxygen atoms in total. The number of hydrogen-bond acceptors (Lipinski definition) is 2. The Balaban J connectivity index is 2.27. The first-order valence-electron chi connectivity index (χ1n) is 6.13. The molecule has 88 valence electrons. The molecule has 1 saturated heterocycles. The number of aliphatic hydroxyl groups is 1. The van der Waals surface area contributed by atoms with E-state index in [4.69, 9.17) is 0 Å². The second-order valence-electron chi connectivity index (χ2n) is 4.85. The van der Waals surface area contributed by atoms with Crippen molar-refractivity contribution in [3.8, 4) is 0 Å². The third-order valence-corrected chi connectivity index (χ3v) is 3.61. The first-order chi connectivity index (χ1) is 7.72. The maximum Gasteiger partial charge on any atom is 0.0590 e. The molecule has 2 rings (SSSR count). The summed E-state index contributed by atoms with van der Waals surface area (Å²) in [5.41, 5.74) is 4.06. The second kappa shape index (κ2) is 4.98. The van der Waals surface area contributed by atoms with Crippen LogP contribution in [0.5, 0.6) is 0 Å². The normalized spacial score (nSPS) is 25.7. The molecule has 0 amide bonds. The molecule has 0 saturated carbocycles. The Bertz CT molecular complexity index is 362. The van der Waals surface area contributed by atoms with Gasteiger partial charge in [-0.05, 0) is 44.4 Å². The van der Waals surface area contributed by atoms with Crippen LogP contribution < -0.4 is 5.32 Å². The van der Waals surface area contributed by atoms with Crippen molar-refractivity contribution in [2.24, 2.45) is 0 Å². The van der Waals surface area contributed by atoms with Gasteiger partial charge in [0, 0.05) is 12.0 Å². The molecule has 2 N–H and O–H groups in total. The van der Waals surface area contributed by atoms with Gasteiger partial charge in [-0.2, -0.15) is 0 Å². The van der Waals surface area contributed by atoms with E-state index in [0.717, 1.165) is 6.54 Å². The molecular formula is C14H21NO. The van der Waals surface area contributed by atoms with E-state index in [-0.39, 0.29) is 12.6 Å². The van der Waals surface area contributed by atoms with Crippen LogP contribution in [0.2, 0.25) is 0 Å². The van der Waals surface area contributed by atoms with Gasteiger partial charge >= 0.3 is 0 Å². The van der Waals surface area contributed by atoms with Crippen LogP contribution in [0.4, 0.5) is 0 Å². The smallest absolute Gasteiger partial charge is 0.0590 e. The lowest BCUT2D eigenvalue weighted by Gasteiger charge is -2.32. The van der Waals surface area contributed by atoms with Gasteiger partial charge in [0.25, 0.3) is 0 Å². The van der Waals surface area contributed by atoms with Gasteiger partial charge < -0.3 is 10.4 Å². The van der Waals surface area contributed by atoms with Gasteiger partial charge in [-0.25, -0.2) is 0 Å². The molecule has 0 radical (unpaired) electrons. The van der Waals surface area contributed by atoms with Gasteiger partial charge in [0.1, 0.15) is 0 Å². The third kappa shape index (κ3) is 2.28. The summed E-state index contributed by atoms with van der Waals surface area (Å²) in [4.78, 5) is 0. The van der Waals surface area contributed by atoms with Crippen molar-refractivity contribution < 1.29 is 5.11 Å². The van der Waals surface area contributed by atoms with E-state index in [2.05, 4.69) is 37.4 Å². The fourth-order valence-corrected chi connectivity index (χ4v) is 2.76. The predicted molar refractivity (Wildman–Crippen MR) is 66.8 cm³/mol. The van der Waals surface area contributed by atoms with Gasteiger partial charge in [0.2, 0.25) is 0 Å². The second-order valence-corrected chi connectivity index (χ2v) is 4.85. The van der Waals surface area contributed by atoms with E-state index in [1.165, 1.54) is 29.5 Å². The van der Waals surface area contributed by atoms with Gasteiger partial charge in [-0.15, -0.1) is 0 Å². The summed E-state index contributed by atoms with van der Waals surface area (Å²) >= 11 is 0. The molecule has 1 heterocycles. The summed E-state index contributed by atoms with van der Waals surface area (Å²) in [6.45, 7) is 5.56. The van der Waals surface area contributed by atoms with Crippen molar-refractivity contribution in [3.05, 3.63) is 34.9 Å². The minimum atomic E-state index is 0.232. The number of benzene rings is 1. The summed E-state index contributed by atoms with van der Waals surface area (Å²) in [7, 11) is 0. The van der Waals surface area contributed by atoms with Crippen LogP contribution in [0.3, 0.4) is 0 Å². The van der Waals surface area contributed by atoms with E-state index < -0.39 is 0 Å². The fraction of sp³-hybridized carbons (Fsp3) is 0.571. The standard InChI is InChI=1S/C14H21NO/c1-10-5-6-12(11(2)8-10)13-4-3-7-15-14(13)9-16/h5-6,8,13-16H,3-4,7,9H2,1-2H3. The molecule has 16 heavy (non-hydrogen) atoms. The van der Waals surface area contributed by atoms with Gasteiger partial charge in [-0.3, -0.25) is 0 Å². The molecule has 1 aliphatic rings. The van der Waals surface area contributed by atoms with Gasteiger partial charge in [0.05, 0.1) is 6.61 Å². The average Bonchev–Trinajstić information content (AvgIpc) is 2.29. The Labute approximate surface area is 97.7 Å². The molecule has 0 aromatic heterocycles. The molecular weight excluding hydrogens is 198 g/mol. The van der Waals surface area contributed by atoms with Crippen LogP contribution in [0.25, 0.3) is 0 Å². The highest BCUT2D eigenvalue weighted by atomic mass is 16.3. The zero-order valence-electron chi connectivity index (χ0n) is 10.2. The molecule has 2 heteroatoms. The Morgan fingerprint density at radius 3 is 2.88 bits per heavy atom. The number of hydrogen-bond donors (Lipinski definition) is 2. The van der Waals surface area contributed by atoms with E-state index in [0.29, 0.717) is 5.92 Å². The zero-order chi connectivity index (χ0) is 11.5. The molecule has 0 spiro atoms. The third-order valence-electron chi connectivity index (χ3n) is 3.61. The molecule has 2 unspecified atom stereocenters. The Kier molecular flexibility index (Phi) is 3.62. The van der Waals surface area contributed by atoms with Crippen LogP contribution in [0.15, 0.2) is 18.2 Å². The van der Waals surface area contributed by atoms with E-state index in [1.54, 1.807) is 0 Å². The van der Waals surface area contributed by atoms with E-state index in [9.17, 15) is 5.11 Å². The largest absolute Gasteiger partial charge is 0.395 e. The predicted octanol–water partition coefficient (Wildman–Crippen LogP) is 2.13. The molecule has 1 aliphatic heterocycles. The number of aryl methyl sites for hydroxylation is 2. The van der Waals surface area contributed by atoms with Crippen molar-refractivity contribution in [1.82, 2.24) is 5.32 Å². The first-order valence-corrected chi connectivity index (χ1v) is 6.13. The maximum atomic E-state index is 9.41. The van der Waals surface area contributed by atoms with Crippen LogP contribution >= 0.6 is 0 Å². The molecule has 0 aliphatic carbocycles. The van der Waals surface area contributed by atoms with Gasteiger partial charge in [0.15, 0.2) is 0 Å². The van der Waals surface area contributed by atoms with Crippen LogP contribution in [0.1, 0.15) is 35.4 Å². The van der Waals surface area contributed by atoms with Crippen molar-refractivity contribution in [3.63, 3.8) is 0 Å². The first kappa shape index (κ1) is 11.6. The molecule has 1 aromatic rings. The molecule has 2 atom stereocenters. The number of nitrogens with one attached hydrogen (secondary N) is 1. The highest BCUT2D eigenvalue weighted by Crippen LogP contribution is 2.30.